The van der Waals surface area contributed by atoms with Gasteiger partial charge in [-0.1, -0.05) is 19.8 Å². The number of hydrogen-bond acceptors (Lipinski definition) is 4. The first-order chi connectivity index (χ1) is 9.00. The van der Waals surface area contributed by atoms with Crippen molar-refractivity contribution in [2.45, 2.75) is 38.6 Å². The molecule has 1 heterocycles. The zero-order chi connectivity index (χ0) is 14.0. The number of rotatable bonds is 3. The fourth-order valence-corrected chi connectivity index (χ4v) is 2.86. The van der Waals surface area contributed by atoms with Gasteiger partial charge in [-0.15, -0.1) is 0 Å². The lowest BCUT2D eigenvalue weighted by molar-refractivity contribution is 0.0698. The first-order valence-corrected chi connectivity index (χ1v) is 6.71. The molecular formula is C14H21N3O2. The summed E-state index contributed by atoms with van der Waals surface area (Å²) in [6.07, 6.45) is 6.20. The minimum Gasteiger partial charge on any atom is -0.478 e. The van der Waals surface area contributed by atoms with Crippen molar-refractivity contribution in [3.8, 4) is 0 Å². The van der Waals surface area contributed by atoms with Crippen molar-refractivity contribution in [3.05, 3.63) is 17.8 Å². The van der Waals surface area contributed by atoms with Gasteiger partial charge in [0.2, 0.25) is 0 Å². The van der Waals surface area contributed by atoms with Gasteiger partial charge in [-0.25, -0.2) is 9.78 Å². The van der Waals surface area contributed by atoms with E-state index in [4.69, 9.17) is 10.8 Å². The molecule has 1 aliphatic rings. The van der Waals surface area contributed by atoms with E-state index >= 15 is 0 Å². The minimum absolute atomic E-state index is 0.126. The second-order valence-corrected chi connectivity index (χ2v) is 5.44. The molecule has 2 atom stereocenters. The third kappa shape index (κ3) is 2.80. The maximum absolute atomic E-state index is 11.1. The second-order valence-electron chi connectivity index (χ2n) is 5.44. The zero-order valence-corrected chi connectivity index (χ0v) is 11.5. The lowest BCUT2D eigenvalue weighted by Crippen LogP contribution is -2.36. The van der Waals surface area contributed by atoms with Crippen LogP contribution in [-0.2, 0) is 0 Å². The normalized spacial score (nSPS) is 23.1. The number of nitrogen functional groups attached to an aromatic ring is 1. The predicted octanol–water partition coefficient (Wildman–Crippen LogP) is 2.38. The monoisotopic (exact) mass is 263 g/mol. The molecule has 0 aliphatic heterocycles. The maximum atomic E-state index is 11.1. The van der Waals surface area contributed by atoms with Crippen molar-refractivity contribution in [3.63, 3.8) is 0 Å². The lowest BCUT2D eigenvalue weighted by Gasteiger charge is -2.35. The van der Waals surface area contributed by atoms with Crippen LogP contribution in [0.4, 0.5) is 11.5 Å². The second kappa shape index (κ2) is 5.47. The molecule has 1 aromatic rings. The Morgan fingerprint density at radius 3 is 2.89 bits per heavy atom. The van der Waals surface area contributed by atoms with Crippen molar-refractivity contribution in [1.29, 1.82) is 0 Å². The highest BCUT2D eigenvalue weighted by Crippen LogP contribution is 2.32. The zero-order valence-electron chi connectivity index (χ0n) is 11.5. The molecule has 0 radical (unpaired) electrons. The number of aromatic carboxylic acids is 1. The van der Waals surface area contributed by atoms with E-state index in [9.17, 15) is 4.79 Å². The van der Waals surface area contributed by atoms with Gasteiger partial charge in [-0.2, -0.15) is 0 Å². The number of aromatic nitrogens is 1. The van der Waals surface area contributed by atoms with E-state index in [0.29, 0.717) is 17.8 Å². The number of carboxylic acids is 1. The van der Waals surface area contributed by atoms with Gasteiger partial charge in [0.25, 0.3) is 0 Å². The van der Waals surface area contributed by atoms with Crippen LogP contribution in [0.5, 0.6) is 0 Å². The summed E-state index contributed by atoms with van der Waals surface area (Å²) < 4.78 is 0. The van der Waals surface area contributed by atoms with Gasteiger partial charge in [-0.3, -0.25) is 0 Å². The Hall–Kier alpha value is -1.78. The highest BCUT2D eigenvalue weighted by Gasteiger charge is 2.25. The van der Waals surface area contributed by atoms with Crippen LogP contribution >= 0.6 is 0 Å². The van der Waals surface area contributed by atoms with Crippen LogP contribution in [0, 0.1) is 5.92 Å². The third-order valence-electron chi connectivity index (χ3n) is 3.99. The summed E-state index contributed by atoms with van der Waals surface area (Å²) >= 11 is 0. The lowest BCUT2D eigenvalue weighted by atomic mass is 9.86. The Bertz CT molecular complexity index is 476. The first-order valence-electron chi connectivity index (χ1n) is 6.71. The molecule has 0 saturated heterocycles. The average Bonchev–Trinajstić information content (AvgIpc) is 2.38. The third-order valence-corrected chi connectivity index (χ3v) is 3.99. The molecule has 0 spiro atoms. The standard InChI is InChI=1S/C14H21N3O2/c1-9-4-3-5-10(8-9)17(2)13-12(15)11(14(18)19)6-7-16-13/h6-7,9-10H,3-5,8,15H2,1-2H3,(H,18,19). The average molecular weight is 263 g/mol. The minimum atomic E-state index is -1.01. The molecule has 1 aliphatic carbocycles. The number of carbonyl (C=O) groups is 1. The van der Waals surface area contributed by atoms with E-state index in [1.165, 1.54) is 25.1 Å². The van der Waals surface area contributed by atoms with E-state index in [0.717, 1.165) is 12.8 Å². The number of hydrogen-bond donors (Lipinski definition) is 2. The molecule has 0 amide bonds. The van der Waals surface area contributed by atoms with Crippen LogP contribution in [0.25, 0.3) is 0 Å². The van der Waals surface area contributed by atoms with Crippen molar-refractivity contribution >= 4 is 17.5 Å². The number of pyridine rings is 1. The predicted molar refractivity (Wildman–Crippen MR) is 75.4 cm³/mol. The summed E-state index contributed by atoms with van der Waals surface area (Å²) in [4.78, 5) is 17.4. The first kappa shape index (κ1) is 13.6. The van der Waals surface area contributed by atoms with Crippen LogP contribution in [0.2, 0.25) is 0 Å². The Morgan fingerprint density at radius 1 is 1.53 bits per heavy atom. The van der Waals surface area contributed by atoms with E-state index in [2.05, 4.69) is 11.9 Å². The largest absolute Gasteiger partial charge is 0.478 e. The molecule has 0 aromatic carbocycles. The van der Waals surface area contributed by atoms with Crippen LogP contribution < -0.4 is 10.6 Å². The highest BCUT2D eigenvalue weighted by atomic mass is 16.4. The summed E-state index contributed by atoms with van der Waals surface area (Å²) in [5.74, 6) is 0.274. The van der Waals surface area contributed by atoms with Crippen molar-refractivity contribution in [1.82, 2.24) is 4.98 Å². The Balaban J connectivity index is 2.26. The quantitative estimate of drug-likeness (QED) is 0.875. The summed E-state index contributed by atoms with van der Waals surface area (Å²) in [7, 11) is 1.95. The molecule has 5 nitrogen and oxygen atoms in total. The summed E-state index contributed by atoms with van der Waals surface area (Å²) in [6.45, 7) is 2.25. The molecule has 1 fully saturated rings. The van der Waals surface area contributed by atoms with Crippen LogP contribution in [-0.4, -0.2) is 29.1 Å². The van der Waals surface area contributed by atoms with E-state index in [1.54, 1.807) is 0 Å². The number of nitrogens with two attached hydrogens (primary N) is 1. The fourth-order valence-electron chi connectivity index (χ4n) is 2.86. The van der Waals surface area contributed by atoms with Gasteiger partial charge in [0.05, 0.1) is 11.3 Å². The molecule has 1 aromatic heterocycles. The van der Waals surface area contributed by atoms with E-state index in [-0.39, 0.29) is 11.3 Å². The Kier molecular flexibility index (Phi) is 3.93. The van der Waals surface area contributed by atoms with Gasteiger partial charge in [0.1, 0.15) is 0 Å². The highest BCUT2D eigenvalue weighted by molar-refractivity contribution is 5.96. The summed E-state index contributed by atoms with van der Waals surface area (Å²) in [5, 5.41) is 9.10. The molecule has 5 heteroatoms. The van der Waals surface area contributed by atoms with Gasteiger partial charge < -0.3 is 15.7 Å². The molecule has 2 rings (SSSR count). The Labute approximate surface area is 113 Å². The molecule has 19 heavy (non-hydrogen) atoms. The number of anilines is 2. The van der Waals surface area contributed by atoms with Crippen LogP contribution in [0.1, 0.15) is 43.0 Å². The van der Waals surface area contributed by atoms with E-state index in [1.807, 2.05) is 11.9 Å². The van der Waals surface area contributed by atoms with Gasteiger partial charge in [0, 0.05) is 19.3 Å². The van der Waals surface area contributed by atoms with Crippen LogP contribution in [0.15, 0.2) is 12.3 Å². The smallest absolute Gasteiger partial charge is 0.337 e. The maximum Gasteiger partial charge on any atom is 0.337 e. The molecule has 104 valence electrons. The summed E-state index contributed by atoms with van der Waals surface area (Å²) in [5.41, 5.74) is 6.33. The van der Waals surface area contributed by atoms with Gasteiger partial charge in [-0.05, 0) is 24.8 Å². The summed E-state index contributed by atoms with van der Waals surface area (Å²) in [6, 6.07) is 1.83. The number of carboxylic acid groups (broad SMARTS) is 1. The molecule has 0 bridgehead atoms. The molecular weight excluding hydrogens is 242 g/mol. The van der Waals surface area contributed by atoms with Crippen LogP contribution in [0.3, 0.4) is 0 Å². The van der Waals surface area contributed by atoms with Crippen molar-refractivity contribution < 1.29 is 9.90 Å². The van der Waals surface area contributed by atoms with Crippen molar-refractivity contribution in [2.75, 3.05) is 17.7 Å². The van der Waals surface area contributed by atoms with Crippen molar-refractivity contribution in [2.24, 2.45) is 5.92 Å². The SMILES string of the molecule is CC1CCCC(N(C)c2nccc(C(=O)O)c2N)C1. The van der Waals surface area contributed by atoms with E-state index < -0.39 is 5.97 Å². The number of nitrogens with zero attached hydrogens (tertiary/aromatic N) is 2. The molecule has 2 unspecified atom stereocenters. The Morgan fingerprint density at radius 2 is 2.26 bits per heavy atom. The topological polar surface area (TPSA) is 79.5 Å². The molecule has 1 saturated carbocycles. The fraction of sp³-hybridized carbons (Fsp3) is 0.571. The molecule has 3 N–H and O–H groups in total. The van der Waals surface area contributed by atoms with Gasteiger partial charge >= 0.3 is 5.97 Å². The van der Waals surface area contributed by atoms with Gasteiger partial charge in [0.15, 0.2) is 5.82 Å².